The van der Waals surface area contributed by atoms with Crippen molar-refractivity contribution in [3.8, 4) is 0 Å². The van der Waals surface area contributed by atoms with Gasteiger partial charge in [0.15, 0.2) is 0 Å². The number of carbonyl (C=O) groups excluding carboxylic acids is 1. The molecule has 1 unspecified atom stereocenters. The lowest BCUT2D eigenvalue weighted by molar-refractivity contribution is -0.137. The highest BCUT2D eigenvalue weighted by molar-refractivity contribution is 5.80. The van der Waals surface area contributed by atoms with Crippen molar-refractivity contribution >= 4 is 11.9 Å². The van der Waals surface area contributed by atoms with Gasteiger partial charge < -0.3 is 16.2 Å². The fourth-order valence-corrected chi connectivity index (χ4v) is 1.44. The van der Waals surface area contributed by atoms with Gasteiger partial charge in [-0.2, -0.15) is 0 Å². The van der Waals surface area contributed by atoms with Crippen LogP contribution in [0.15, 0.2) is 0 Å². The second kappa shape index (κ2) is 8.10. The van der Waals surface area contributed by atoms with E-state index in [4.69, 9.17) is 10.8 Å². The van der Waals surface area contributed by atoms with E-state index in [2.05, 4.69) is 5.32 Å². The number of amides is 1. The van der Waals surface area contributed by atoms with E-state index in [9.17, 15) is 9.59 Å². The van der Waals surface area contributed by atoms with Crippen LogP contribution in [0.1, 0.15) is 39.5 Å². The summed E-state index contributed by atoms with van der Waals surface area (Å²) in [6.45, 7) is 4.23. The van der Waals surface area contributed by atoms with Crippen molar-refractivity contribution in [2.45, 2.75) is 45.6 Å². The molecule has 0 heterocycles. The van der Waals surface area contributed by atoms with Crippen molar-refractivity contribution in [3.05, 3.63) is 0 Å². The maximum absolute atomic E-state index is 11.1. The Hall–Kier alpha value is -1.10. The lowest BCUT2D eigenvalue weighted by Crippen LogP contribution is -2.39. The van der Waals surface area contributed by atoms with Crippen molar-refractivity contribution < 1.29 is 14.7 Å². The molecule has 0 aromatic carbocycles. The molecule has 0 fully saturated rings. The van der Waals surface area contributed by atoms with E-state index in [1.807, 2.05) is 6.92 Å². The predicted octanol–water partition coefficient (Wildman–Crippen LogP) is 0.731. The third kappa shape index (κ3) is 7.23. The Labute approximate surface area is 96.4 Å². The Morgan fingerprint density at radius 2 is 2.00 bits per heavy atom. The average molecular weight is 230 g/mol. The molecule has 2 atom stereocenters. The van der Waals surface area contributed by atoms with Crippen LogP contribution in [0.2, 0.25) is 0 Å². The fraction of sp³-hybridized carbons (Fsp3) is 0.818. The van der Waals surface area contributed by atoms with E-state index in [-0.39, 0.29) is 12.3 Å². The molecule has 0 aliphatic heterocycles. The zero-order valence-electron chi connectivity index (χ0n) is 10.0. The number of nitrogens with two attached hydrogens (primary N) is 1. The third-order valence-electron chi connectivity index (χ3n) is 2.61. The molecular formula is C11H22N2O3. The Balaban J connectivity index is 3.70. The smallest absolute Gasteiger partial charge is 0.303 e. The number of carboxylic acid groups (broad SMARTS) is 1. The number of carboxylic acids is 1. The lowest BCUT2D eigenvalue weighted by atomic mass is 9.96. The Morgan fingerprint density at radius 1 is 1.38 bits per heavy atom. The molecule has 0 bridgehead atoms. The highest BCUT2D eigenvalue weighted by Gasteiger charge is 2.10. The van der Waals surface area contributed by atoms with Crippen molar-refractivity contribution in [1.29, 1.82) is 0 Å². The molecule has 16 heavy (non-hydrogen) atoms. The Morgan fingerprint density at radius 3 is 2.44 bits per heavy atom. The number of nitrogens with one attached hydrogen (secondary N) is 1. The summed E-state index contributed by atoms with van der Waals surface area (Å²) < 4.78 is 0. The molecule has 4 N–H and O–H groups in total. The van der Waals surface area contributed by atoms with Gasteiger partial charge in [0.25, 0.3) is 0 Å². The van der Waals surface area contributed by atoms with E-state index < -0.39 is 12.0 Å². The largest absolute Gasteiger partial charge is 0.481 e. The Bertz CT molecular complexity index is 229. The molecular weight excluding hydrogens is 208 g/mol. The van der Waals surface area contributed by atoms with Gasteiger partial charge in [-0.05, 0) is 25.7 Å². The maximum atomic E-state index is 11.1. The molecule has 0 aliphatic carbocycles. The first-order valence-electron chi connectivity index (χ1n) is 5.72. The summed E-state index contributed by atoms with van der Waals surface area (Å²) in [5, 5.41) is 11.3. The van der Waals surface area contributed by atoms with E-state index in [0.717, 1.165) is 12.8 Å². The summed E-state index contributed by atoms with van der Waals surface area (Å²) in [5.41, 5.74) is 5.39. The second-order valence-electron chi connectivity index (χ2n) is 4.08. The number of hydrogen-bond acceptors (Lipinski definition) is 3. The van der Waals surface area contributed by atoms with Crippen LogP contribution in [0.25, 0.3) is 0 Å². The first kappa shape index (κ1) is 14.9. The quantitative estimate of drug-likeness (QED) is 0.573. The van der Waals surface area contributed by atoms with Crippen molar-refractivity contribution in [3.63, 3.8) is 0 Å². The minimum atomic E-state index is -0.766. The first-order valence-corrected chi connectivity index (χ1v) is 5.72. The minimum absolute atomic E-state index is 0.159. The van der Waals surface area contributed by atoms with Crippen molar-refractivity contribution in [2.24, 2.45) is 11.7 Å². The maximum Gasteiger partial charge on any atom is 0.303 e. The zero-order chi connectivity index (χ0) is 12.6. The molecule has 0 spiro atoms. The zero-order valence-corrected chi connectivity index (χ0v) is 10.0. The van der Waals surface area contributed by atoms with Gasteiger partial charge in [-0.25, -0.2) is 0 Å². The molecule has 0 saturated carbocycles. The summed E-state index contributed by atoms with van der Waals surface area (Å²) in [4.78, 5) is 21.6. The van der Waals surface area contributed by atoms with Gasteiger partial charge >= 0.3 is 5.97 Å². The molecule has 0 aromatic heterocycles. The van der Waals surface area contributed by atoms with E-state index in [1.165, 1.54) is 0 Å². The monoisotopic (exact) mass is 230 g/mol. The third-order valence-corrected chi connectivity index (χ3v) is 2.61. The highest BCUT2D eigenvalue weighted by Crippen LogP contribution is 2.14. The topological polar surface area (TPSA) is 92.4 Å². The first-order chi connectivity index (χ1) is 7.47. The number of rotatable bonds is 8. The number of aliphatic carboxylic acids is 1. The van der Waals surface area contributed by atoms with Crippen LogP contribution >= 0.6 is 0 Å². The standard InChI is InChI=1S/C11H22N2O3/c1-3-9(4-5-10(14)15)6-7-13-11(16)8(2)12/h8-9H,3-7,12H2,1-2H3,(H,13,16)(H,14,15)/t8-,9?/m0/s1. The van der Waals surface area contributed by atoms with Crippen LogP contribution < -0.4 is 11.1 Å². The lowest BCUT2D eigenvalue weighted by Gasteiger charge is -2.14. The van der Waals surface area contributed by atoms with Gasteiger partial charge in [-0.15, -0.1) is 0 Å². The fourth-order valence-electron chi connectivity index (χ4n) is 1.44. The predicted molar refractivity (Wildman–Crippen MR) is 61.9 cm³/mol. The molecule has 0 aromatic rings. The molecule has 0 radical (unpaired) electrons. The average Bonchev–Trinajstić information content (AvgIpc) is 2.22. The van der Waals surface area contributed by atoms with Gasteiger partial charge in [0.05, 0.1) is 6.04 Å². The van der Waals surface area contributed by atoms with E-state index in [1.54, 1.807) is 6.92 Å². The second-order valence-corrected chi connectivity index (χ2v) is 4.08. The van der Waals surface area contributed by atoms with Crippen LogP contribution in [0, 0.1) is 5.92 Å². The Kier molecular flexibility index (Phi) is 7.54. The molecule has 0 saturated heterocycles. The van der Waals surface area contributed by atoms with Crippen LogP contribution in [0.4, 0.5) is 0 Å². The van der Waals surface area contributed by atoms with Crippen LogP contribution in [-0.4, -0.2) is 29.6 Å². The molecule has 5 nitrogen and oxygen atoms in total. The summed E-state index contributed by atoms with van der Waals surface area (Å²) in [6.07, 6.45) is 2.60. The summed E-state index contributed by atoms with van der Waals surface area (Å²) >= 11 is 0. The minimum Gasteiger partial charge on any atom is -0.481 e. The number of carbonyl (C=O) groups is 2. The SMILES string of the molecule is CCC(CCNC(=O)[C@H](C)N)CCC(=O)O. The normalized spacial score (nSPS) is 14.2. The van der Waals surface area contributed by atoms with Crippen molar-refractivity contribution in [2.75, 3.05) is 6.54 Å². The van der Waals surface area contributed by atoms with Gasteiger partial charge in [0, 0.05) is 13.0 Å². The molecule has 0 rings (SSSR count). The van der Waals surface area contributed by atoms with Gasteiger partial charge in [-0.1, -0.05) is 13.3 Å². The molecule has 5 heteroatoms. The number of hydrogen-bond donors (Lipinski definition) is 3. The van der Waals surface area contributed by atoms with Crippen LogP contribution in [0.3, 0.4) is 0 Å². The highest BCUT2D eigenvalue weighted by atomic mass is 16.4. The molecule has 0 aliphatic rings. The summed E-state index contributed by atoms with van der Waals surface area (Å²) in [6, 6.07) is -0.487. The molecule has 94 valence electrons. The van der Waals surface area contributed by atoms with Gasteiger partial charge in [0.1, 0.15) is 0 Å². The van der Waals surface area contributed by atoms with Gasteiger partial charge in [0.2, 0.25) is 5.91 Å². The van der Waals surface area contributed by atoms with E-state index in [0.29, 0.717) is 18.9 Å². The van der Waals surface area contributed by atoms with Crippen LogP contribution in [0.5, 0.6) is 0 Å². The summed E-state index contributed by atoms with van der Waals surface area (Å²) in [5.74, 6) is -0.573. The molecule has 1 amide bonds. The van der Waals surface area contributed by atoms with Gasteiger partial charge in [-0.3, -0.25) is 9.59 Å². The van der Waals surface area contributed by atoms with Crippen LogP contribution in [-0.2, 0) is 9.59 Å². The van der Waals surface area contributed by atoms with E-state index >= 15 is 0 Å². The summed E-state index contributed by atoms with van der Waals surface area (Å²) in [7, 11) is 0. The van der Waals surface area contributed by atoms with Crippen molar-refractivity contribution in [1.82, 2.24) is 5.32 Å².